The van der Waals surface area contributed by atoms with Gasteiger partial charge in [0.2, 0.25) is 11.1 Å². The maximum Gasteiger partial charge on any atom is 0.271 e. The number of nitrogens with zero attached hydrogens (tertiary/aromatic N) is 7. The number of aryl methyl sites for hydroxylation is 2. The topological polar surface area (TPSA) is 98.1 Å². The number of piperazine rings is 1. The monoisotopic (exact) mass is 430 g/mol. The van der Waals surface area contributed by atoms with Gasteiger partial charge in [-0.15, -0.1) is 10.2 Å². The fraction of sp³-hybridized carbons (Fsp3) is 0.368. The van der Waals surface area contributed by atoms with Gasteiger partial charge in [-0.25, -0.2) is 13.7 Å². The minimum atomic E-state index is -0.252. The lowest BCUT2D eigenvalue weighted by Gasteiger charge is -2.36. The maximum absolute atomic E-state index is 13.1. The van der Waals surface area contributed by atoms with E-state index in [1.165, 1.54) is 28.6 Å². The molecular formula is C19H23FN8OS. The van der Waals surface area contributed by atoms with Crippen LogP contribution in [-0.2, 0) is 4.79 Å². The molecule has 0 aliphatic carbocycles. The van der Waals surface area contributed by atoms with Crippen LogP contribution >= 0.6 is 11.8 Å². The molecule has 1 aromatic carbocycles. The van der Waals surface area contributed by atoms with Crippen molar-refractivity contribution in [3.63, 3.8) is 0 Å². The average Bonchev–Trinajstić information content (AvgIpc) is 3.27. The first-order chi connectivity index (χ1) is 14.4. The average molecular weight is 431 g/mol. The molecule has 1 aliphatic heterocycles. The van der Waals surface area contributed by atoms with Crippen molar-refractivity contribution >= 4 is 23.4 Å². The Balaban J connectivity index is 1.32. The number of nitrogen functional groups attached to an aromatic ring is 1. The number of aromatic nitrogens is 5. The zero-order valence-corrected chi connectivity index (χ0v) is 17.6. The number of anilines is 1. The number of carbonyl (C=O) groups is 1. The first kappa shape index (κ1) is 20.2. The Morgan fingerprint density at radius 2 is 1.83 bits per heavy atom. The fourth-order valence-electron chi connectivity index (χ4n) is 3.43. The molecule has 2 N–H and O–H groups in total. The molecule has 1 saturated heterocycles. The number of carbonyl (C=O) groups excluding carboxylic acids is 1. The van der Waals surface area contributed by atoms with Crippen molar-refractivity contribution in [3.05, 3.63) is 47.5 Å². The molecule has 1 amide bonds. The summed E-state index contributed by atoms with van der Waals surface area (Å²) in [5.74, 6) is 6.53. The van der Waals surface area contributed by atoms with E-state index < -0.39 is 0 Å². The lowest BCUT2D eigenvalue weighted by Crippen LogP contribution is -2.49. The highest BCUT2D eigenvalue weighted by atomic mass is 32.2. The van der Waals surface area contributed by atoms with Crippen LogP contribution in [0.3, 0.4) is 0 Å². The van der Waals surface area contributed by atoms with Crippen molar-refractivity contribution in [1.29, 1.82) is 0 Å². The molecular weight excluding hydrogens is 407 g/mol. The molecule has 4 rings (SSSR count). The molecule has 158 valence electrons. The second kappa shape index (κ2) is 8.34. The molecule has 0 atom stereocenters. The van der Waals surface area contributed by atoms with E-state index in [1.807, 2.05) is 24.8 Å². The molecule has 3 heterocycles. The van der Waals surface area contributed by atoms with Gasteiger partial charge in [0.1, 0.15) is 5.82 Å². The summed E-state index contributed by atoms with van der Waals surface area (Å²) < 4.78 is 16.1. The summed E-state index contributed by atoms with van der Waals surface area (Å²) in [6.45, 7) is 6.45. The summed E-state index contributed by atoms with van der Waals surface area (Å²) in [5, 5.41) is 13.0. The number of rotatable bonds is 5. The van der Waals surface area contributed by atoms with Crippen LogP contribution in [0, 0.1) is 19.7 Å². The molecule has 9 nitrogen and oxygen atoms in total. The molecule has 1 aliphatic rings. The maximum atomic E-state index is 13.1. The molecule has 2 aromatic heterocycles. The normalized spacial score (nSPS) is 14.4. The van der Waals surface area contributed by atoms with E-state index in [0.29, 0.717) is 37.3 Å². The van der Waals surface area contributed by atoms with Crippen molar-refractivity contribution in [2.24, 2.45) is 0 Å². The third-order valence-electron chi connectivity index (χ3n) is 4.99. The third-order valence-corrected chi connectivity index (χ3v) is 5.92. The Hall–Kier alpha value is -3.08. The first-order valence-corrected chi connectivity index (χ1v) is 10.6. The number of hydrogen-bond donors (Lipinski definition) is 1. The van der Waals surface area contributed by atoms with Gasteiger partial charge in [-0.1, -0.05) is 11.8 Å². The van der Waals surface area contributed by atoms with Crippen molar-refractivity contribution in [1.82, 2.24) is 29.6 Å². The summed E-state index contributed by atoms with van der Waals surface area (Å²) >= 11 is 1.25. The van der Waals surface area contributed by atoms with E-state index in [4.69, 9.17) is 5.84 Å². The highest BCUT2D eigenvalue weighted by Crippen LogP contribution is 2.20. The minimum absolute atomic E-state index is 0.0226. The Kier molecular flexibility index (Phi) is 5.62. The molecule has 3 aromatic rings. The number of halogens is 1. The van der Waals surface area contributed by atoms with Crippen LogP contribution in [0.15, 0.2) is 35.5 Å². The number of hydrogen-bond acceptors (Lipinski definition) is 7. The van der Waals surface area contributed by atoms with Gasteiger partial charge in [0.15, 0.2) is 0 Å². The minimum Gasteiger partial charge on any atom is -0.368 e. The van der Waals surface area contributed by atoms with Gasteiger partial charge >= 0.3 is 0 Å². The number of amides is 1. The number of benzene rings is 1. The largest absolute Gasteiger partial charge is 0.368 e. The molecule has 0 bridgehead atoms. The Morgan fingerprint density at radius 1 is 1.13 bits per heavy atom. The van der Waals surface area contributed by atoms with Crippen molar-refractivity contribution in [2.75, 3.05) is 42.7 Å². The molecule has 0 unspecified atom stereocenters. The van der Waals surface area contributed by atoms with Gasteiger partial charge < -0.3 is 15.6 Å². The van der Waals surface area contributed by atoms with E-state index in [0.717, 1.165) is 17.1 Å². The third kappa shape index (κ3) is 4.11. The van der Waals surface area contributed by atoms with Crippen LogP contribution in [0.4, 0.5) is 10.1 Å². The summed E-state index contributed by atoms with van der Waals surface area (Å²) in [4.78, 5) is 16.6. The lowest BCUT2D eigenvalue weighted by atomic mass is 10.2. The zero-order chi connectivity index (χ0) is 21.3. The van der Waals surface area contributed by atoms with Crippen molar-refractivity contribution in [2.45, 2.75) is 19.0 Å². The Bertz CT molecular complexity index is 1040. The number of thioether (sulfide) groups is 1. The van der Waals surface area contributed by atoms with Crippen LogP contribution < -0.4 is 10.7 Å². The highest BCUT2D eigenvalue weighted by molar-refractivity contribution is 7.99. The van der Waals surface area contributed by atoms with Crippen LogP contribution in [0.2, 0.25) is 0 Å². The molecule has 0 saturated carbocycles. The summed E-state index contributed by atoms with van der Waals surface area (Å²) in [6, 6.07) is 8.35. The standard InChI is InChI=1S/C19H23FN8OS/c1-13-11-14(2)28(24-13)18-22-23-19(27(18)21)30-12-17(29)26-9-7-25(8-10-26)16-5-3-15(20)4-6-16/h3-6,11H,7-10,12,21H2,1-2H3. The van der Waals surface area contributed by atoms with Gasteiger partial charge in [-0.3, -0.25) is 4.79 Å². The van der Waals surface area contributed by atoms with Crippen molar-refractivity contribution < 1.29 is 9.18 Å². The van der Waals surface area contributed by atoms with Crippen LogP contribution in [0.25, 0.3) is 5.95 Å². The van der Waals surface area contributed by atoms with E-state index in [9.17, 15) is 9.18 Å². The van der Waals surface area contributed by atoms with Crippen LogP contribution in [0.1, 0.15) is 11.4 Å². The van der Waals surface area contributed by atoms with E-state index >= 15 is 0 Å². The van der Waals surface area contributed by atoms with Crippen LogP contribution in [-0.4, -0.2) is 67.4 Å². The van der Waals surface area contributed by atoms with E-state index in [-0.39, 0.29) is 17.5 Å². The smallest absolute Gasteiger partial charge is 0.271 e. The quantitative estimate of drug-likeness (QED) is 0.482. The molecule has 1 fully saturated rings. The van der Waals surface area contributed by atoms with Gasteiger partial charge in [-0.05, 0) is 44.2 Å². The SMILES string of the molecule is Cc1cc(C)n(-c2nnc(SCC(=O)N3CCN(c4ccc(F)cc4)CC3)n2N)n1. The fourth-order valence-corrected chi connectivity index (χ4v) is 4.18. The molecule has 30 heavy (non-hydrogen) atoms. The molecule has 0 radical (unpaired) electrons. The highest BCUT2D eigenvalue weighted by Gasteiger charge is 2.23. The predicted molar refractivity (Wildman–Crippen MR) is 113 cm³/mol. The van der Waals surface area contributed by atoms with Gasteiger partial charge in [-0.2, -0.15) is 5.10 Å². The van der Waals surface area contributed by atoms with E-state index in [2.05, 4.69) is 20.2 Å². The Morgan fingerprint density at radius 3 is 2.47 bits per heavy atom. The lowest BCUT2D eigenvalue weighted by molar-refractivity contribution is -0.128. The second-order valence-corrected chi connectivity index (χ2v) is 8.07. The molecule has 11 heteroatoms. The summed E-state index contributed by atoms with van der Waals surface area (Å²) in [7, 11) is 0. The zero-order valence-electron chi connectivity index (χ0n) is 16.8. The second-order valence-electron chi connectivity index (χ2n) is 7.12. The summed E-state index contributed by atoms with van der Waals surface area (Å²) in [5.41, 5.74) is 2.73. The molecule has 0 spiro atoms. The number of nitrogens with two attached hydrogens (primary N) is 1. The Labute approximate surface area is 177 Å². The predicted octanol–water partition coefficient (Wildman–Crippen LogP) is 1.37. The van der Waals surface area contributed by atoms with Crippen LogP contribution in [0.5, 0.6) is 0 Å². The summed E-state index contributed by atoms with van der Waals surface area (Å²) in [6.07, 6.45) is 0. The van der Waals surface area contributed by atoms with E-state index in [1.54, 1.807) is 16.8 Å². The van der Waals surface area contributed by atoms with Gasteiger partial charge in [0.25, 0.3) is 5.95 Å². The van der Waals surface area contributed by atoms with Gasteiger partial charge in [0, 0.05) is 37.6 Å². The first-order valence-electron chi connectivity index (χ1n) is 9.57. The van der Waals surface area contributed by atoms with Gasteiger partial charge in [0.05, 0.1) is 11.4 Å². The van der Waals surface area contributed by atoms with Crippen molar-refractivity contribution in [3.8, 4) is 5.95 Å².